The van der Waals surface area contributed by atoms with Crippen LogP contribution < -0.4 is 10.2 Å². The average molecular weight is 468 g/mol. The van der Waals surface area contributed by atoms with Gasteiger partial charge in [0, 0.05) is 34.5 Å². The molecule has 1 aliphatic heterocycles. The second-order valence-electron chi connectivity index (χ2n) is 9.54. The first-order chi connectivity index (χ1) is 17.0. The Bertz CT molecular complexity index is 1300. The van der Waals surface area contributed by atoms with Crippen molar-refractivity contribution in [3.63, 3.8) is 0 Å². The van der Waals surface area contributed by atoms with E-state index in [1.807, 2.05) is 48.2 Å². The molecule has 3 aromatic rings. The molecule has 2 aliphatic rings. The van der Waals surface area contributed by atoms with Gasteiger partial charge in [0.25, 0.3) is 11.8 Å². The number of anilines is 2. The number of para-hydroxylation sites is 1. The molecule has 6 heteroatoms. The van der Waals surface area contributed by atoms with Gasteiger partial charge >= 0.3 is 0 Å². The number of aryl methyl sites for hydroxylation is 1. The predicted octanol–water partition coefficient (Wildman–Crippen LogP) is 5.84. The molecular formula is C29H29N3O3. The summed E-state index contributed by atoms with van der Waals surface area (Å²) >= 11 is 0. The summed E-state index contributed by atoms with van der Waals surface area (Å²) in [6.07, 6.45) is 4.32. The van der Waals surface area contributed by atoms with Crippen LogP contribution in [0, 0.1) is 12.3 Å². The Hall–Kier alpha value is -3.93. The largest absolute Gasteiger partial charge is 0.411 e. The molecule has 0 saturated heterocycles. The fourth-order valence-corrected chi connectivity index (χ4v) is 5.53. The minimum atomic E-state index is -0.191. The smallest absolute Gasteiger partial charge is 0.258 e. The highest BCUT2D eigenvalue weighted by atomic mass is 16.4. The molecule has 1 atom stereocenters. The lowest BCUT2D eigenvalue weighted by atomic mass is 9.76. The maximum Gasteiger partial charge on any atom is 0.258 e. The van der Waals surface area contributed by atoms with Gasteiger partial charge in [-0.15, -0.1) is 0 Å². The fraction of sp³-hybridized carbons (Fsp3) is 0.276. The topological polar surface area (TPSA) is 82.0 Å². The number of carbonyl (C=O) groups excluding carboxylic acids is 2. The van der Waals surface area contributed by atoms with Crippen LogP contribution in [0.3, 0.4) is 0 Å². The summed E-state index contributed by atoms with van der Waals surface area (Å²) in [6.45, 7) is 2.46. The molecular weight excluding hydrogens is 438 g/mol. The molecule has 2 N–H and O–H groups in total. The second kappa shape index (κ2) is 9.37. The van der Waals surface area contributed by atoms with Gasteiger partial charge in [0.15, 0.2) is 0 Å². The van der Waals surface area contributed by atoms with Crippen LogP contribution in [0.2, 0.25) is 0 Å². The molecule has 178 valence electrons. The number of oxime groups is 1. The van der Waals surface area contributed by atoms with Gasteiger partial charge in [-0.25, -0.2) is 0 Å². The molecule has 1 fully saturated rings. The number of amides is 2. The Balaban J connectivity index is 1.37. The lowest BCUT2D eigenvalue weighted by Gasteiger charge is -2.28. The van der Waals surface area contributed by atoms with Crippen molar-refractivity contribution in [2.45, 2.75) is 39.0 Å². The van der Waals surface area contributed by atoms with E-state index in [4.69, 9.17) is 0 Å². The highest BCUT2D eigenvalue weighted by Crippen LogP contribution is 2.46. The van der Waals surface area contributed by atoms with Crippen molar-refractivity contribution in [3.8, 4) is 0 Å². The zero-order chi connectivity index (χ0) is 24.4. The first kappa shape index (κ1) is 22.8. The first-order valence-electron chi connectivity index (χ1n) is 12.1. The van der Waals surface area contributed by atoms with Crippen LogP contribution in [-0.4, -0.2) is 29.3 Å². The standard InChI is InChI=1S/C29H29N3O3/c1-20-7-2-4-9-24(20)27(33)30-23-14-12-21(13-15-23)28(34)32-18-17-29(16-6-11-26(29)31-35)19-22-8-3-5-10-25(22)32/h2-5,7-10,12-15,35H,6,11,16-19H2,1H3,(H,30,33). The van der Waals surface area contributed by atoms with E-state index in [0.717, 1.165) is 54.6 Å². The van der Waals surface area contributed by atoms with E-state index in [0.29, 0.717) is 23.4 Å². The van der Waals surface area contributed by atoms with E-state index < -0.39 is 0 Å². The summed E-state index contributed by atoms with van der Waals surface area (Å²) in [5.41, 5.74) is 5.41. The van der Waals surface area contributed by atoms with Crippen molar-refractivity contribution in [1.82, 2.24) is 0 Å². The van der Waals surface area contributed by atoms with Crippen molar-refractivity contribution in [1.29, 1.82) is 0 Å². The Labute approximate surface area is 205 Å². The first-order valence-corrected chi connectivity index (χ1v) is 12.1. The molecule has 1 spiro atoms. The Morgan fingerprint density at radius 1 is 0.971 bits per heavy atom. The molecule has 0 radical (unpaired) electrons. The molecule has 2 amide bonds. The van der Waals surface area contributed by atoms with E-state index in [9.17, 15) is 14.8 Å². The minimum absolute atomic E-state index is 0.0771. The van der Waals surface area contributed by atoms with Gasteiger partial charge < -0.3 is 15.4 Å². The number of hydrogen-bond donors (Lipinski definition) is 2. The van der Waals surface area contributed by atoms with Crippen molar-refractivity contribution in [3.05, 3.63) is 95.1 Å². The zero-order valence-corrected chi connectivity index (χ0v) is 19.8. The molecule has 1 heterocycles. The van der Waals surface area contributed by atoms with Gasteiger partial charge in [-0.2, -0.15) is 0 Å². The number of hydrogen-bond acceptors (Lipinski definition) is 4. The maximum absolute atomic E-state index is 13.6. The Morgan fingerprint density at radius 3 is 2.49 bits per heavy atom. The van der Waals surface area contributed by atoms with Crippen LogP contribution in [-0.2, 0) is 6.42 Å². The van der Waals surface area contributed by atoms with E-state index in [1.54, 1.807) is 30.3 Å². The molecule has 1 unspecified atom stereocenters. The Kier molecular flexibility index (Phi) is 6.12. The summed E-state index contributed by atoms with van der Waals surface area (Å²) in [7, 11) is 0. The molecule has 6 nitrogen and oxygen atoms in total. The van der Waals surface area contributed by atoms with Gasteiger partial charge in [0.05, 0.1) is 5.71 Å². The van der Waals surface area contributed by atoms with Gasteiger partial charge in [-0.1, -0.05) is 41.6 Å². The van der Waals surface area contributed by atoms with Crippen molar-refractivity contribution in [2.24, 2.45) is 10.6 Å². The number of carbonyl (C=O) groups is 2. The normalized spacial score (nSPS) is 20.5. The number of nitrogens with one attached hydrogen (secondary N) is 1. The van der Waals surface area contributed by atoms with Crippen LogP contribution in [0.4, 0.5) is 11.4 Å². The van der Waals surface area contributed by atoms with E-state index in [-0.39, 0.29) is 17.2 Å². The number of nitrogens with zero attached hydrogens (tertiary/aromatic N) is 2. The van der Waals surface area contributed by atoms with Gasteiger partial charge in [0.1, 0.15) is 0 Å². The van der Waals surface area contributed by atoms with Crippen molar-refractivity contribution >= 4 is 28.9 Å². The Morgan fingerprint density at radius 2 is 1.71 bits per heavy atom. The number of benzene rings is 3. The lowest BCUT2D eigenvalue weighted by molar-refractivity contribution is 0.0984. The third kappa shape index (κ3) is 4.32. The summed E-state index contributed by atoms with van der Waals surface area (Å²) in [4.78, 5) is 28.1. The highest BCUT2D eigenvalue weighted by molar-refractivity contribution is 6.08. The average Bonchev–Trinajstić information content (AvgIpc) is 3.19. The van der Waals surface area contributed by atoms with Crippen LogP contribution in [0.15, 0.2) is 78.0 Å². The van der Waals surface area contributed by atoms with Crippen molar-refractivity contribution in [2.75, 3.05) is 16.8 Å². The van der Waals surface area contributed by atoms with Crippen LogP contribution >= 0.6 is 0 Å². The highest BCUT2D eigenvalue weighted by Gasteiger charge is 2.43. The molecule has 1 aliphatic carbocycles. The second-order valence-corrected chi connectivity index (χ2v) is 9.54. The fourth-order valence-electron chi connectivity index (χ4n) is 5.53. The summed E-state index contributed by atoms with van der Waals surface area (Å²) in [5.74, 6) is -0.251. The van der Waals surface area contributed by atoms with E-state index in [1.165, 1.54) is 0 Å². The molecule has 1 saturated carbocycles. The van der Waals surface area contributed by atoms with Gasteiger partial charge in [-0.3, -0.25) is 9.59 Å². The van der Waals surface area contributed by atoms with Crippen molar-refractivity contribution < 1.29 is 14.8 Å². The van der Waals surface area contributed by atoms with Crippen LogP contribution in [0.5, 0.6) is 0 Å². The molecule has 0 bridgehead atoms. The monoisotopic (exact) mass is 467 g/mol. The molecule has 3 aromatic carbocycles. The molecule has 0 aromatic heterocycles. The van der Waals surface area contributed by atoms with Crippen LogP contribution in [0.25, 0.3) is 0 Å². The number of fused-ring (bicyclic) bond motifs is 1. The molecule has 5 rings (SSSR count). The zero-order valence-electron chi connectivity index (χ0n) is 19.8. The quantitative estimate of drug-likeness (QED) is 0.375. The third-order valence-corrected chi connectivity index (χ3v) is 7.45. The third-order valence-electron chi connectivity index (χ3n) is 7.45. The summed E-state index contributed by atoms with van der Waals surface area (Å²) in [5, 5.41) is 16.2. The van der Waals surface area contributed by atoms with E-state index >= 15 is 0 Å². The number of rotatable bonds is 3. The maximum atomic E-state index is 13.6. The van der Waals surface area contributed by atoms with Crippen LogP contribution in [0.1, 0.15) is 57.5 Å². The summed E-state index contributed by atoms with van der Waals surface area (Å²) < 4.78 is 0. The SMILES string of the molecule is Cc1ccccc1C(=O)Nc1ccc(C(=O)N2CCC3(CCCC3=NO)Cc3ccccc32)cc1. The van der Waals surface area contributed by atoms with Gasteiger partial charge in [0.2, 0.25) is 0 Å². The van der Waals surface area contributed by atoms with Gasteiger partial charge in [-0.05, 0) is 86.6 Å². The molecule has 35 heavy (non-hydrogen) atoms. The van der Waals surface area contributed by atoms with E-state index in [2.05, 4.69) is 16.5 Å². The minimum Gasteiger partial charge on any atom is -0.411 e. The lowest BCUT2D eigenvalue weighted by Crippen LogP contribution is -2.35. The summed E-state index contributed by atoms with van der Waals surface area (Å²) in [6, 6.07) is 22.5. The predicted molar refractivity (Wildman–Crippen MR) is 138 cm³/mol.